The molecule has 0 radical (unpaired) electrons. The van der Waals surface area contributed by atoms with E-state index in [0.717, 1.165) is 31.6 Å². The molecule has 0 aliphatic rings. The lowest BCUT2D eigenvalue weighted by Gasteiger charge is -2.24. The van der Waals surface area contributed by atoms with Crippen molar-refractivity contribution < 1.29 is 4.79 Å². The zero-order chi connectivity index (χ0) is 25.3. The standard InChI is InChI=1S/C24H37N8OP/c1-8-13-31(14-9-2)18-10-11-19(20(16-18)27-17(3)33)28-29-23-21(25-7)22(24(4,5)6)30-32(23)15-12-26-34/h10-11,16,26H,8-9,12-15,34H2,1-6H3,(H,27,33). The smallest absolute Gasteiger partial charge is 0.255 e. The molecule has 0 aliphatic heterocycles. The van der Waals surface area contributed by atoms with E-state index in [4.69, 9.17) is 6.57 Å². The van der Waals surface area contributed by atoms with Crippen LogP contribution in [0.4, 0.5) is 28.6 Å². The molecule has 2 aromatic rings. The number of aromatic nitrogens is 2. The number of hydrogen-bond acceptors (Lipinski definition) is 6. The highest BCUT2D eigenvalue weighted by molar-refractivity contribution is 7.13. The second-order valence-corrected chi connectivity index (χ2v) is 9.54. The van der Waals surface area contributed by atoms with Gasteiger partial charge in [0, 0.05) is 32.2 Å². The minimum atomic E-state index is -0.311. The predicted molar refractivity (Wildman–Crippen MR) is 143 cm³/mol. The molecule has 1 amide bonds. The van der Waals surface area contributed by atoms with Gasteiger partial charge in [0.2, 0.25) is 5.91 Å². The minimum Gasteiger partial charge on any atom is -0.371 e. The molecule has 0 saturated carbocycles. The summed E-state index contributed by atoms with van der Waals surface area (Å²) in [6.45, 7) is 22.6. The number of carbonyl (C=O) groups excluding carboxylic acids is 1. The zero-order valence-corrected chi connectivity index (χ0v) is 22.3. The fraction of sp³-hybridized carbons (Fsp3) is 0.542. The Morgan fingerprint density at radius 1 is 1.24 bits per heavy atom. The number of nitrogens with zero attached hydrogens (tertiary/aromatic N) is 6. The Morgan fingerprint density at radius 2 is 1.91 bits per heavy atom. The molecule has 2 N–H and O–H groups in total. The van der Waals surface area contributed by atoms with Crippen LogP contribution in [-0.4, -0.2) is 35.3 Å². The van der Waals surface area contributed by atoms with E-state index in [0.29, 0.717) is 41.7 Å². The van der Waals surface area contributed by atoms with Crippen LogP contribution in [0.2, 0.25) is 0 Å². The largest absolute Gasteiger partial charge is 0.371 e. The lowest BCUT2D eigenvalue weighted by Crippen LogP contribution is -2.24. The van der Waals surface area contributed by atoms with Gasteiger partial charge in [0.05, 0.1) is 24.5 Å². The number of carbonyl (C=O) groups is 1. The first-order chi connectivity index (χ1) is 16.2. The average molecular weight is 485 g/mol. The highest BCUT2D eigenvalue weighted by Crippen LogP contribution is 2.40. The molecular formula is C24H37N8OP. The van der Waals surface area contributed by atoms with E-state index >= 15 is 0 Å². The summed E-state index contributed by atoms with van der Waals surface area (Å²) < 4.78 is 1.71. The maximum atomic E-state index is 11.9. The molecule has 34 heavy (non-hydrogen) atoms. The second kappa shape index (κ2) is 12.6. The lowest BCUT2D eigenvalue weighted by atomic mass is 9.91. The van der Waals surface area contributed by atoms with Crippen molar-refractivity contribution in [3.63, 3.8) is 0 Å². The fourth-order valence-electron chi connectivity index (χ4n) is 3.59. The summed E-state index contributed by atoms with van der Waals surface area (Å²) in [4.78, 5) is 17.9. The van der Waals surface area contributed by atoms with Crippen molar-refractivity contribution >= 4 is 43.9 Å². The SMILES string of the molecule is [C-]#[N+]c1c(C(C)(C)C)nn(CCNP)c1N=Nc1ccc(N(CCC)CCC)cc1NC(C)=O. The van der Waals surface area contributed by atoms with Crippen LogP contribution >= 0.6 is 9.39 Å². The minimum absolute atomic E-state index is 0.181. The van der Waals surface area contributed by atoms with E-state index in [9.17, 15) is 4.79 Å². The van der Waals surface area contributed by atoms with Gasteiger partial charge in [0.25, 0.3) is 5.69 Å². The Kier molecular flexibility index (Phi) is 10.2. The van der Waals surface area contributed by atoms with Crippen molar-refractivity contribution in [1.82, 2.24) is 14.9 Å². The first-order valence-corrected chi connectivity index (χ1v) is 12.2. The number of rotatable bonds is 11. The van der Waals surface area contributed by atoms with E-state index in [1.165, 1.54) is 6.92 Å². The summed E-state index contributed by atoms with van der Waals surface area (Å²) >= 11 is 0. The van der Waals surface area contributed by atoms with Crippen LogP contribution in [0.1, 0.15) is 60.1 Å². The van der Waals surface area contributed by atoms with Gasteiger partial charge in [-0.15, -0.1) is 10.2 Å². The Morgan fingerprint density at radius 3 is 2.44 bits per heavy atom. The molecule has 0 aliphatic carbocycles. The molecule has 1 aromatic heterocycles. The summed E-state index contributed by atoms with van der Waals surface area (Å²) in [6.07, 6.45) is 2.06. The van der Waals surface area contributed by atoms with Crippen LogP contribution in [0.3, 0.4) is 0 Å². The molecule has 2 rings (SSSR count). The zero-order valence-electron chi connectivity index (χ0n) is 21.1. The van der Waals surface area contributed by atoms with Crippen molar-refractivity contribution in [3.05, 3.63) is 35.3 Å². The van der Waals surface area contributed by atoms with Gasteiger partial charge >= 0.3 is 0 Å². The van der Waals surface area contributed by atoms with Gasteiger partial charge in [-0.2, -0.15) is 5.10 Å². The Labute approximate surface area is 205 Å². The number of nitrogens with one attached hydrogen (secondary N) is 2. The van der Waals surface area contributed by atoms with E-state index in [1.807, 2.05) is 39.0 Å². The predicted octanol–water partition coefficient (Wildman–Crippen LogP) is 6.11. The molecule has 1 atom stereocenters. The van der Waals surface area contributed by atoms with Gasteiger partial charge in [-0.1, -0.05) is 44.0 Å². The van der Waals surface area contributed by atoms with Gasteiger partial charge in [-0.3, -0.25) is 14.6 Å². The Hall–Kier alpha value is -2.82. The molecule has 10 heteroatoms. The van der Waals surface area contributed by atoms with Crippen LogP contribution in [0.15, 0.2) is 28.4 Å². The van der Waals surface area contributed by atoms with Gasteiger partial charge in [-0.05, 0) is 36.5 Å². The monoisotopic (exact) mass is 484 g/mol. The van der Waals surface area contributed by atoms with Gasteiger partial charge < -0.3 is 10.2 Å². The molecule has 9 nitrogen and oxygen atoms in total. The topological polar surface area (TPSA) is 91.3 Å². The summed E-state index contributed by atoms with van der Waals surface area (Å²) in [5.74, 6) is 0.233. The van der Waals surface area contributed by atoms with Crippen molar-refractivity contribution in [3.8, 4) is 0 Å². The van der Waals surface area contributed by atoms with Crippen LogP contribution in [0.5, 0.6) is 0 Å². The second-order valence-electron chi connectivity index (χ2n) is 9.13. The molecule has 0 spiro atoms. The van der Waals surface area contributed by atoms with E-state index in [1.54, 1.807) is 4.68 Å². The third-order valence-electron chi connectivity index (χ3n) is 5.09. The van der Waals surface area contributed by atoms with Gasteiger partial charge in [-0.25, -0.2) is 4.85 Å². The normalized spacial score (nSPS) is 11.6. The first kappa shape index (κ1) is 27.4. The first-order valence-electron chi connectivity index (χ1n) is 11.7. The van der Waals surface area contributed by atoms with Gasteiger partial charge in [0.1, 0.15) is 5.69 Å². The summed E-state index contributed by atoms with van der Waals surface area (Å²) in [5.41, 5.74) is 2.91. The Balaban J connectivity index is 2.55. The number of hydrogen-bond donors (Lipinski definition) is 2. The molecule has 1 unspecified atom stereocenters. The Bertz CT molecular complexity index is 1040. The van der Waals surface area contributed by atoms with Crippen molar-refractivity contribution in [2.24, 2.45) is 10.2 Å². The number of azo groups is 1. The van der Waals surface area contributed by atoms with Crippen LogP contribution < -0.4 is 15.3 Å². The number of amides is 1. The maximum Gasteiger partial charge on any atom is 0.255 e. The molecule has 1 aromatic carbocycles. The molecular weight excluding hydrogens is 447 g/mol. The lowest BCUT2D eigenvalue weighted by molar-refractivity contribution is -0.114. The van der Waals surface area contributed by atoms with E-state index < -0.39 is 0 Å². The van der Waals surface area contributed by atoms with Crippen LogP contribution in [0.25, 0.3) is 4.85 Å². The molecule has 0 saturated heterocycles. The molecule has 0 fully saturated rings. The number of benzene rings is 1. The highest BCUT2D eigenvalue weighted by Gasteiger charge is 2.27. The van der Waals surface area contributed by atoms with E-state index in [-0.39, 0.29) is 11.3 Å². The third-order valence-corrected chi connectivity index (χ3v) is 5.38. The third kappa shape index (κ3) is 7.09. The average Bonchev–Trinajstić information content (AvgIpc) is 3.14. The van der Waals surface area contributed by atoms with Crippen LogP contribution in [0, 0.1) is 6.57 Å². The highest BCUT2D eigenvalue weighted by atomic mass is 31.0. The van der Waals surface area contributed by atoms with Crippen LogP contribution in [-0.2, 0) is 16.8 Å². The molecule has 184 valence electrons. The molecule has 0 bridgehead atoms. The number of anilines is 2. The van der Waals surface area contributed by atoms with Gasteiger partial charge in [0.15, 0.2) is 5.82 Å². The van der Waals surface area contributed by atoms with Crippen molar-refractivity contribution in [2.75, 3.05) is 29.9 Å². The summed E-state index contributed by atoms with van der Waals surface area (Å²) in [6, 6.07) is 5.79. The summed E-state index contributed by atoms with van der Waals surface area (Å²) in [7, 11) is 2.47. The molecule has 1 heterocycles. The maximum absolute atomic E-state index is 11.9. The van der Waals surface area contributed by atoms with Crippen molar-refractivity contribution in [1.29, 1.82) is 0 Å². The van der Waals surface area contributed by atoms with E-state index in [2.05, 4.69) is 58.7 Å². The summed E-state index contributed by atoms with van der Waals surface area (Å²) in [5, 5.41) is 19.5. The fourth-order valence-corrected chi connectivity index (χ4v) is 3.71. The van der Waals surface area contributed by atoms with Crippen molar-refractivity contribution in [2.45, 2.75) is 66.3 Å². The quantitative estimate of drug-likeness (QED) is 0.229.